The Morgan fingerprint density at radius 3 is 0.799 bits per heavy atom. The summed E-state index contributed by atoms with van der Waals surface area (Å²) in [5.74, 6) is 0. The van der Waals surface area contributed by atoms with Gasteiger partial charge < -0.3 is 19.6 Å². The summed E-state index contributed by atoms with van der Waals surface area (Å²) >= 11 is 7.45. The van der Waals surface area contributed by atoms with Crippen LogP contribution in [0.3, 0.4) is 0 Å². The molecule has 8 heteroatoms. The second-order valence-corrected chi connectivity index (χ2v) is 40.4. The molecular formula is C136H92N4S4. The maximum absolute atomic E-state index is 2.44. The summed E-state index contributed by atoms with van der Waals surface area (Å²) in [6.07, 6.45) is 0. The lowest BCUT2D eigenvalue weighted by atomic mass is 9.97. The molecule has 28 rings (SSSR count). The summed E-state index contributed by atoms with van der Waals surface area (Å²) in [6.45, 7) is 0. The Balaban J connectivity index is 0.000000101. The molecule has 0 amide bonds. The Morgan fingerprint density at radius 1 is 0.125 bits per heavy atom. The fraction of sp³-hybridized carbons (Fsp3) is 0. The number of para-hydroxylation sites is 4. The van der Waals surface area contributed by atoms with Crippen LogP contribution in [-0.2, 0) is 0 Å². The summed E-state index contributed by atoms with van der Waals surface area (Å²) in [5, 5.41) is 20.4. The molecule has 0 spiro atoms. The van der Waals surface area contributed by atoms with Crippen LogP contribution in [0.1, 0.15) is 0 Å². The van der Waals surface area contributed by atoms with Gasteiger partial charge in [0.1, 0.15) is 0 Å². The maximum atomic E-state index is 2.44. The Morgan fingerprint density at radius 2 is 0.382 bits per heavy atom. The standard InChI is InChI=1S/4C34H23NS/c1-3-12-24(13-4-1)30-22-25-14-7-8-15-26(25)23-32(30)35(27-16-5-2-6-17-27)31-20-11-19-29-28-18-9-10-21-33(28)36-34(29)31;1-3-12-24(13-4-1)29-22-25-14-7-8-15-26(25)23-31(29)35(27-16-5-2-6-17-27)30-19-11-21-33-34(30)28-18-9-10-20-32(28)36-33;1-3-11-24(12-4-1)30-21-25-13-7-8-14-26(25)22-32(30)35(27-15-5-2-6-16-27)28-19-20-34-31(23-28)29-17-9-10-18-33(29)36-34;1-3-11-24(12-4-1)31-21-25-13-7-8-14-26(25)22-32(31)35(27-15-5-2-6-16-27)28-19-20-30-29-17-9-10-18-33(29)36-34(30)23-28/h4*1-23H. The molecule has 0 aliphatic carbocycles. The lowest BCUT2D eigenvalue weighted by molar-refractivity contribution is 1.29. The summed E-state index contributed by atoms with van der Waals surface area (Å²) < 4.78 is 10.5. The molecule has 0 aliphatic rings. The smallest absolute Gasteiger partial charge is 0.0640 e. The molecule has 4 aromatic heterocycles. The van der Waals surface area contributed by atoms with Crippen molar-refractivity contribution in [2.45, 2.75) is 0 Å². The molecule has 0 saturated carbocycles. The molecule has 28 aromatic rings. The first-order valence-electron chi connectivity index (χ1n) is 48.8. The van der Waals surface area contributed by atoms with Gasteiger partial charge in [-0.1, -0.05) is 388 Å². The van der Waals surface area contributed by atoms with Crippen LogP contribution in [-0.4, -0.2) is 0 Å². The highest BCUT2D eigenvalue weighted by molar-refractivity contribution is 7.27. The summed E-state index contributed by atoms with van der Waals surface area (Å²) in [7, 11) is 0. The fourth-order valence-corrected chi connectivity index (χ4v) is 25.1. The molecule has 0 atom stereocenters. The molecule has 24 aromatic carbocycles. The average Bonchev–Trinajstić information content (AvgIpc) is 1.11. The third-order valence-corrected chi connectivity index (χ3v) is 31.9. The lowest BCUT2D eigenvalue weighted by Gasteiger charge is -2.29. The molecular weight excluding hydrogens is 1820 g/mol. The van der Waals surface area contributed by atoms with E-state index in [1.165, 1.54) is 202 Å². The number of fused-ring (bicyclic) bond motifs is 16. The van der Waals surface area contributed by atoms with Gasteiger partial charge in [-0.25, -0.2) is 0 Å². The van der Waals surface area contributed by atoms with E-state index in [-0.39, 0.29) is 0 Å². The molecule has 0 saturated heterocycles. The Hall–Kier alpha value is -17.6. The van der Waals surface area contributed by atoms with Crippen molar-refractivity contribution in [3.8, 4) is 44.5 Å². The van der Waals surface area contributed by atoms with Gasteiger partial charge in [0.15, 0.2) is 0 Å². The van der Waals surface area contributed by atoms with Gasteiger partial charge in [-0.05, 0) is 235 Å². The highest BCUT2D eigenvalue weighted by Crippen LogP contribution is 2.54. The molecule has 0 unspecified atom stereocenters. The SMILES string of the molecule is c1ccc(-c2cc3ccccc3cc2N(c2ccccc2)c2ccc3c(c2)sc2ccccc23)cc1.c1ccc(-c2cc3ccccc3cc2N(c2ccccc2)c2ccc3sc4ccccc4c3c2)cc1.c1ccc(-c2cc3ccccc3cc2N(c2ccccc2)c2cccc3c2sc2ccccc23)cc1.c1ccc(-c2cc3ccccc3cc2N(c2ccccc2)c2cccc3sc4ccccc4c23)cc1. The number of hydrogen-bond donors (Lipinski definition) is 0. The predicted molar refractivity (Wildman–Crippen MR) is 628 cm³/mol. The van der Waals surface area contributed by atoms with Gasteiger partial charge in [0, 0.05) is 132 Å². The van der Waals surface area contributed by atoms with Crippen molar-refractivity contribution in [1.29, 1.82) is 0 Å². The molecule has 4 heterocycles. The summed E-state index contributed by atoms with van der Waals surface area (Å²) in [6, 6.07) is 201. The van der Waals surface area contributed by atoms with Crippen LogP contribution in [0.2, 0.25) is 0 Å². The van der Waals surface area contributed by atoms with Crippen LogP contribution in [0.4, 0.5) is 68.2 Å². The molecule has 0 radical (unpaired) electrons. The van der Waals surface area contributed by atoms with Gasteiger partial charge in [0.05, 0.1) is 38.8 Å². The van der Waals surface area contributed by atoms with E-state index in [1.54, 1.807) is 0 Å². The Bertz CT molecular complexity index is 9520. The van der Waals surface area contributed by atoms with Gasteiger partial charge in [0.2, 0.25) is 0 Å². The van der Waals surface area contributed by atoms with E-state index in [4.69, 9.17) is 0 Å². The Kier molecular flexibility index (Phi) is 23.9. The zero-order valence-electron chi connectivity index (χ0n) is 78.5. The summed E-state index contributed by atoms with van der Waals surface area (Å²) in [4.78, 5) is 9.68. The van der Waals surface area contributed by atoms with E-state index in [1.807, 2.05) is 45.3 Å². The minimum atomic E-state index is 1.14. The van der Waals surface area contributed by atoms with Crippen molar-refractivity contribution < 1.29 is 0 Å². The van der Waals surface area contributed by atoms with E-state index >= 15 is 0 Å². The van der Waals surface area contributed by atoms with E-state index in [9.17, 15) is 0 Å². The first kappa shape index (κ1) is 87.9. The first-order chi connectivity index (χ1) is 71.4. The third-order valence-electron chi connectivity index (χ3n) is 27.3. The zero-order chi connectivity index (χ0) is 95.6. The number of nitrogens with zero attached hydrogens (tertiary/aromatic N) is 4. The summed E-state index contributed by atoms with van der Waals surface area (Å²) in [5.41, 5.74) is 23.7. The van der Waals surface area contributed by atoms with Crippen molar-refractivity contribution in [3.63, 3.8) is 0 Å². The highest BCUT2D eigenvalue weighted by Gasteiger charge is 2.28. The molecule has 0 aliphatic heterocycles. The highest BCUT2D eigenvalue weighted by atomic mass is 32.1. The average molecular weight is 1910 g/mol. The number of thiophene rings is 4. The van der Waals surface area contributed by atoms with Crippen molar-refractivity contribution in [2.24, 2.45) is 0 Å². The largest absolute Gasteiger partial charge is 0.310 e. The molecule has 680 valence electrons. The van der Waals surface area contributed by atoms with Crippen LogP contribution in [0.15, 0.2) is 558 Å². The second kappa shape index (κ2) is 39.2. The predicted octanol–water partition coefficient (Wildman–Crippen LogP) is 41.4. The van der Waals surface area contributed by atoms with Gasteiger partial charge in [0.25, 0.3) is 0 Å². The number of benzene rings is 24. The van der Waals surface area contributed by atoms with Crippen LogP contribution in [0, 0.1) is 0 Å². The van der Waals surface area contributed by atoms with E-state index in [0.717, 1.165) is 34.1 Å². The van der Waals surface area contributed by atoms with Crippen molar-refractivity contribution in [2.75, 3.05) is 19.6 Å². The Labute approximate surface area is 852 Å². The van der Waals surface area contributed by atoms with Crippen LogP contribution in [0.25, 0.3) is 168 Å². The van der Waals surface area contributed by atoms with Crippen LogP contribution in [0.5, 0.6) is 0 Å². The van der Waals surface area contributed by atoms with E-state index in [0.29, 0.717) is 0 Å². The normalized spacial score (nSPS) is 11.3. The van der Waals surface area contributed by atoms with Crippen molar-refractivity contribution in [1.82, 2.24) is 0 Å². The maximum Gasteiger partial charge on any atom is 0.0640 e. The van der Waals surface area contributed by atoms with Gasteiger partial charge in [-0.2, -0.15) is 0 Å². The minimum Gasteiger partial charge on any atom is -0.310 e. The number of rotatable bonds is 16. The van der Waals surface area contributed by atoms with Gasteiger partial charge in [-0.15, -0.1) is 45.3 Å². The third kappa shape index (κ3) is 17.1. The molecule has 4 nitrogen and oxygen atoms in total. The van der Waals surface area contributed by atoms with E-state index < -0.39 is 0 Å². The number of hydrogen-bond acceptors (Lipinski definition) is 8. The topological polar surface area (TPSA) is 13.0 Å². The number of anilines is 12. The van der Waals surface area contributed by atoms with Crippen LogP contribution < -0.4 is 19.6 Å². The van der Waals surface area contributed by atoms with Gasteiger partial charge >= 0.3 is 0 Å². The molecule has 0 bridgehead atoms. The zero-order valence-corrected chi connectivity index (χ0v) is 81.8. The van der Waals surface area contributed by atoms with E-state index in [2.05, 4.69) is 578 Å². The quantitative estimate of drug-likeness (QED) is 0.0956. The van der Waals surface area contributed by atoms with Gasteiger partial charge in [-0.3, -0.25) is 0 Å². The fourth-order valence-electron chi connectivity index (χ4n) is 20.6. The second-order valence-electron chi connectivity index (χ2n) is 36.1. The molecule has 0 N–H and O–H groups in total. The van der Waals surface area contributed by atoms with Crippen molar-refractivity contribution >= 4 is 237 Å². The first-order valence-corrected chi connectivity index (χ1v) is 52.1. The van der Waals surface area contributed by atoms with Crippen LogP contribution >= 0.6 is 45.3 Å². The molecule has 144 heavy (non-hydrogen) atoms. The molecule has 0 fully saturated rings. The lowest BCUT2D eigenvalue weighted by Crippen LogP contribution is -2.11. The van der Waals surface area contributed by atoms with Crippen molar-refractivity contribution in [3.05, 3.63) is 558 Å². The monoisotopic (exact) mass is 1910 g/mol. The minimum absolute atomic E-state index is 1.14.